The molecule has 0 amide bonds. The Kier molecular flexibility index (Phi) is 3.52. The molecule has 0 aliphatic heterocycles. The molecular formula is C17H16ClN3. The molecule has 3 rings (SSSR count). The van der Waals surface area contributed by atoms with Gasteiger partial charge in [-0.3, -0.25) is 0 Å². The van der Waals surface area contributed by atoms with Crippen LogP contribution in [0.4, 0.5) is 5.82 Å². The average molecular weight is 298 g/mol. The van der Waals surface area contributed by atoms with Crippen LogP contribution in [-0.4, -0.2) is 17.0 Å². The summed E-state index contributed by atoms with van der Waals surface area (Å²) in [5, 5.41) is 4.92. The van der Waals surface area contributed by atoms with Crippen molar-refractivity contribution in [1.82, 2.24) is 9.97 Å². The van der Waals surface area contributed by atoms with Crippen LogP contribution in [0.1, 0.15) is 11.1 Å². The van der Waals surface area contributed by atoms with Gasteiger partial charge in [-0.1, -0.05) is 23.7 Å². The van der Waals surface area contributed by atoms with E-state index >= 15 is 0 Å². The quantitative estimate of drug-likeness (QED) is 0.750. The smallest absolute Gasteiger partial charge is 0.162 e. The highest BCUT2D eigenvalue weighted by Gasteiger charge is 2.11. The first-order valence-corrected chi connectivity index (χ1v) is 7.19. The molecule has 0 saturated carbocycles. The number of fused-ring (bicyclic) bond motifs is 1. The molecule has 3 nitrogen and oxygen atoms in total. The molecule has 0 spiro atoms. The molecule has 4 heteroatoms. The van der Waals surface area contributed by atoms with Crippen LogP contribution in [0.15, 0.2) is 36.4 Å². The fourth-order valence-electron chi connectivity index (χ4n) is 2.48. The third-order valence-electron chi connectivity index (χ3n) is 3.59. The summed E-state index contributed by atoms with van der Waals surface area (Å²) in [7, 11) is 1.88. The lowest BCUT2D eigenvalue weighted by molar-refractivity contribution is 1.19. The van der Waals surface area contributed by atoms with Gasteiger partial charge in [-0.2, -0.15) is 0 Å². The molecule has 3 aromatic rings. The second kappa shape index (κ2) is 5.34. The molecule has 21 heavy (non-hydrogen) atoms. The molecule has 0 atom stereocenters. The second-order valence-electron chi connectivity index (χ2n) is 5.08. The highest BCUT2D eigenvalue weighted by Crippen LogP contribution is 2.29. The van der Waals surface area contributed by atoms with Crippen molar-refractivity contribution in [3.63, 3.8) is 0 Å². The lowest BCUT2D eigenvalue weighted by atomic mass is 10.1. The van der Waals surface area contributed by atoms with Gasteiger partial charge in [0.2, 0.25) is 0 Å². The van der Waals surface area contributed by atoms with Crippen LogP contribution in [0, 0.1) is 13.8 Å². The van der Waals surface area contributed by atoms with Crippen LogP contribution in [0.5, 0.6) is 0 Å². The summed E-state index contributed by atoms with van der Waals surface area (Å²) in [4.78, 5) is 9.41. The summed E-state index contributed by atoms with van der Waals surface area (Å²) in [6, 6.07) is 11.9. The molecule has 0 aliphatic carbocycles. The van der Waals surface area contributed by atoms with Gasteiger partial charge in [-0.25, -0.2) is 9.97 Å². The van der Waals surface area contributed by atoms with Crippen LogP contribution in [-0.2, 0) is 0 Å². The van der Waals surface area contributed by atoms with Gasteiger partial charge < -0.3 is 5.32 Å². The van der Waals surface area contributed by atoms with Crippen molar-refractivity contribution < 1.29 is 0 Å². The summed E-state index contributed by atoms with van der Waals surface area (Å²) in [5.74, 6) is 1.56. The number of aromatic nitrogens is 2. The first-order valence-electron chi connectivity index (χ1n) is 6.82. The van der Waals surface area contributed by atoms with E-state index in [1.54, 1.807) is 0 Å². The normalized spacial score (nSPS) is 10.9. The Morgan fingerprint density at radius 2 is 1.81 bits per heavy atom. The van der Waals surface area contributed by atoms with E-state index in [2.05, 4.69) is 23.3 Å². The predicted octanol–water partition coefficient (Wildman–Crippen LogP) is 4.61. The van der Waals surface area contributed by atoms with E-state index in [1.165, 1.54) is 0 Å². The van der Waals surface area contributed by atoms with Gasteiger partial charge in [0.25, 0.3) is 0 Å². The Morgan fingerprint density at radius 3 is 2.52 bits per heavy atom. The Bertz CT molecular complexity index is 828. The molecule has 0 aliphatic rings. The number of hydrogen-bond acceptors (Lipinski definition) is 3. The molecule has 2 aromatic carbocycles. The van der Waals surface area contributed by atoms with Crippen LogP contribution in [0.2, 0.25) is 5.02 Å². The van der Waals surface area contributed by atoms with E-state index in [4.69, 9.17) is 16.6 Å². The third kappa shape index (κ3) is 2.45. The van der Waals surface area contributed by atoms with Crippen LogP contribution >= 0.6 is 11.6 Å². The summed E-state index contributed by atoms with van der Waals surface area (Å²) in [6.45, 7) is 4.08. The maximum atomic E-state index is 6.03. The van der Waals surface area contributed by atoms with E-state index in [-0.39, 0.29) is 0 Å². The van der Waals surface area contributed by atoms with Crippen molar-refractivity contribution in [3.05, 3.63) is 52.5 Å². The molecule has 0 unspecified atom stereocenters. The second-order valence-corrected chi connectivity index (χ2v) is 5.51. The van der Waals surface area contributed by atoms with Gasteiger partial charge in [-0.05, 0) is 49.2 Å². The first kappa shape index (κ1) is 13.8. The number of hydrogen-bond donors (Lipinski definition) is 1. The molecule has 0 radical (unpaired) electrons. The van der Waals surface area contributed by atoms with Crippen molar-refractivity contribution in [2.75, 3.05) is 12.4 Å². The van der Waals surface area contributed by atoms with Crippen molar-refractivity contribution in [3.8, 4) is 11.4 Å². The number of aryl methyl sites for hydroxylation is 2. The monoisotopic (exact) mass is 297 g/mol. The van der Waals surface area contributed by atoms with Crippen LogP contribution < -0.4 is 5.32 Å². The zero-order chi connectivity index (χ0) is 15.0. The number of para-hydroxylation sites is 1. The first-order chi connectivity index (χ1) is 10.1. The number of halogens is 1. The zero-order valence-corrected chi connectivity index (χ0v) is 13.0. The van der Waals surface area contributed by atoms with Gasteiger partial charge in [0, 0.05) is 23.0 Å². The maximum Gasteiger partial charge on any atom is 0.162 e. The Morgan fingerprint density at radius 1 is 1.00 bits per heavy atom. The fourth-order valence-corrected chi connectivity index (χ4v) is 2.71. The summed E-state index contributed by atoms with van der Waals surface area (Å²) in [5.41, 5.74) is 4.18. The molecule has 1 N–H and O–H groups in total. The number of anilines is 1. The number of nitrogens with one attached hydrogen (secondary N) is 1. The molecule has 1 aromatic heterocycles. The molecule has 0 saturated heterocycles. The molecule has 0 fully saturated rings. The minimum atomic E-state index is 0.718. The third-order valence-corrected chi connectivity index (χ3v) is 3.83. The molecule has 0 bridgehead atoms. The van der Waals surface area contributed by atoms with Crippen LogP contribution in [0.25, 0.3) is 22.3 Å². The highest BCUT2D eigenvalue weighted by molar-refractivity contribution is 6.30. The zero-order valence-electron chi connectivity index (χ0n) is 12.2. The Hall–Kier alpha value is -2.13. The lowest BCUT2D eigenvalue weighted by Gasteiger charge is -2.11. The minimum absolute atomic E-state index is 0.718. The van der Waals surface area contributed by atoms with Crippen LogP contribution in [0.3, 0.4) is 0 Å². The standard InChI is InChI=1S/C17H16ClN3/c1-10-5-4-6-14-15(10)20-17(21-16(14)19-3)13-8-7-12(18)9-11(13)2/h4-9H,1-3H3,(H,19,20,21). The fraction of sp³-hybridized carbons (Fsp3) is 0.176. The summed E-state index contributed by atoms with van der Waals surface area (Å²) >= 11 is 6.03. The van der Waals surface area contributed by atoms with E-state index in [0.29, 0.717) is 0 Å². The number of nitrogens with zero attached hydrogens (tertiary/aromatic N) is 2. The molecule has 1 heterocycles. The Balaban J connectivity index is 2.31. The lowest BCUT2D eigenvalue weighted by Crippen LogP contribution is -2.00. The predicted molar refractivity (Wildman–Crippen MR) is 89.0 cm³/mol. The number of rotatable bonds is 2. The van der Waals surface area contributed by atoms with Gasteiger partial charge in [0.1, 0.15) is 5.82 Å². The topological polar surface area (TPSA) is 37.8 Å². The van der Waals surface area contributed by atoms with Gasteiger partial charge in [0.05, 0.1) is 5.52 Å². The average Bonchev–Trinajstić information content (AvgIpc) is 2.47. The molecular weight excluding hydrogens is 282 g/mol. The SMILES string of the molecule is CNc1nc(-c2ccc(Cl)cc2C)nc2c(C)cccc12. The van der Waals surface area contributed by atoms with E-state index in [1.807, 2.05) is 44.3 Å². The minimum Gasteiger partial charge on any atom is -0.373 e. The number of benzene rings is 2. The summed E-state index contributed by atoms with van der Waals surface area (Å²) in [6.07, 6.45) is 0. The summed E-state index contributed by atoms with van der Waals surface area (Å²) < 4.78 is 0. The maximum absolute atomic E-state index is 6.03. The van der Waals surface area contributed by atoms with E-state index in [0.717, 1.165) is 44.3 Å². The highest BCUT2D eigenvalue weighted by atomic mass is 35.5. The van der Waals surface area contributed by atoms with Gasteiger partial charge in [0.15, 0.2) is 5.82 Å². The van der Waals surface area contributed by atoms with Gasteiger partial charge in [-0.15, -0.1) is 0 Å². The largest absolute Gasteiger partial charge is 0.373 e. The van der Waals surface area contributed by atoms with Crippen molar-refractivity contribution in [1.29, 1.82) is 0 Å². The Labute approximate surface area is 129 Å². The van der Waals surface area contributed by atoms with Crippen molar-refractivity contribution in [2.45, 2.75) is 13.8 Å². The van der Waals surface area contributed by atoms with Crippen molar-refractivity contribution in [2.24, 2.45) is 0 Å². The van der Waals surface area contributed by atoms with Gasteiger partial charge >= 0.3 is 0 Å². The van der Waals surface area contributed by atoms with Crippen molar-refractivity contribution >= 4 is 28.3 Å². The molecule has 106 valence electrons. The van der Waals surface area contributed by atoms with E-state index in [9.17, 15) is 0 Å². The van der Waals surface area contributed by atoms with E-state index < -0.39 is 0 Å².